The Morgan fingerprint density at radius 3 is 2.41 bits per heavy atom. The van der Waals surface area contributed by atoms with E-state index in [-0.39, 0.29) is 12.1 Å². The number of benzene rings is 1. The quantitative estimate of drug-likeness (QED) is 0.818. The molecule has 1 fully saturated rings. The van der Waals surface area contributed by atoms with Crippen molar-refractivity contribution in [2.75, 3.05) is 13.2 Å². The summed E-state index contributed by atoms with van der Waals surface area (Å²) in [6.07, 6.45) is 5.78. The molecular formula is C15H23NO. The molecule has 0 spiro atoms. The minimum atomic E-state index is 0.0185. The van der Waals surface area contributed by atoms with Crippen molar-refractivity contribution in [2.45, 2.75) is 44.6 Å². The molecule has 0 atom stereocenters. The smallest absolute Gasteiger partial charge is 0.0613 e. The molecule has 1 aromatic carbocycles. The molecule has 0 aliphatic heterocycles. The van der Waals surface area contributed by atoms with Gasteiger partial charge >= 0.3 is 0 Å². The van der Waals surface area contributed by atoms with Gasteiger partial charge in [0, 0.05) is 5.54 Å². The third kappa shape index (κ3) is 3.30. The molecule has 0 saturated heterocycles. The molecule has 17 heavy (non-hydrogen) atoms. The van der Waals surface area contributed by atoms with Gasteiger partial charge in [-0.3, -0.25) is 0 Å². The molecule has 0 aromatic heterocycles. The highest BCUT2D eigenvalue weighted by molar-refractivity contribution is 5.21. The first-order chi connectivity index (χ1) is 8.24. The van der Waals surface area contributed by atoms with Crippen molar-refractivity contribution in [3.05, 3.63) is 35.4 Å². The van der Waals surface area contributed by atoms with Gasteiger partial charge in [0.05, 0.1) is 6.61 Å². The van der Waals surface area contributed by atoms with Crippen LogP contribution in [0, 0.1) is 6.92 Å². The Balaban J connectivity index is 1.80. The number of nitrogens with one attached hydrogen (secondary N) is 1. The lowest BCUT2D eigenvalue weighted by Gasteiger charge is -2.28. The summed E-state index contributed by atoms with van der Waals surface area (Å²) in [4.78, 5) is 0. The average molecular weight is 233 g/mol. The molecule has 1 aliphatic carbocycles. The Morgan fingerprint density at radius 2 is 1.82 bits per heavy atom. The van der Waals surface area contributed by atoms with Crippen LogP contribution in [0.2, 0.25) is 0 Å². The van der Waals surface area contributed by atoms with E-state index in [0.717, 1.165) is 25.8 Å². The van der Waals surface area contributed by atoms with Crippen LogP contribution < -0.4 is 5.32 Å². The van der Waals surface area contributed by atoms with E-state index in [1.807, 2.05) is 0 Å². The summed E-state index contributed by atoms with van der Waals surface area (Å²) in [6, 6.07) is 8.70. The topological polar surface area (TPSA) is 32.3 Å². The first-order valence-corrected chi connectivity index (χ1v) is 6.66. The van der Waals surface area contributed by atoms with Gasteiger partial charge in [-0.1, -0.05) is 42.7 Å². The monoisotopic (exact) mass is 233 g/mol. The lowest BCUT2D eigenvalue weighted by molar-refractivity contribution is 0.165. The first kappa shape index (κ1) is 12.6. The summed E-state index contributed by atoms with van der Waals surface area (Å²) in [5.74, 6) is 0. The number of aryl methyl sites for hydroxylation is 1. The molecule has 2 nitrogen and oxygen atoms in total. The Labute approximate surface area is 104 Å². The second-order valence-corrected chi connectivity index (χ2v) is 5.31. The van der Waals surface area contributed by atoms with Gasteiger partial charge in [0.1, 0.15) is 0 Å². The lowest BCUT2D eigenvalue weighted by Crippen LogP contribution is -2.46. The van der Waals surface area contributed by atoms with Crippen LogP contribution in [0.5, 0.6) is 0 Å². The zero-order chi connectivity index (χ0) is 12.1. The van der Waals surface area contributed by atoms with Crippen molar-refractivity contribution in [2.24, 2.45) is 0 Å². The molecule has 0 bridgehead atoms. The van der Waals surface area contributed by atoms with Crippen molar-refractivity contribution in [3.63, 3.8) is 0 Å². The van der Waals surface area contributed by atoms with Gasteiger partial charge in [0.15, 0.2) is 0 Å². The number of aliphatic hydroxyl groups is 1. The SMILES string of the molecule is Cc1ccc(CCNC2(CO)CCCC2)cc1. The lowest BCUT2D eigenvalue weighted by atomic mass is 9.98. The highest BCUT2D eigenvalue weighted by Crippen LogP contribution is 2.28. The molecule has 1 saturated carbocycles. The van der Waals surface area contributed by atoms with Gasteiger partial charge in [-0.15, -0.1) is 0 Å². The van der Waals surface area contributed by atoms with E-state index in [0.29, 0.717) is 0 Å². The number of rotatable bonds is 5. The van der Waals surface area contributed by atoms with Crippen molar-refractivity contribution in [3.8, 4) is 0 Å². The molecule has 2 heteroatoms. The van der Waals surface area contributed by atoms with Crippen LogP contribution in [0.3, 0.4) is 0 Å². The van der Waals surface area contributed by atoms with Gasteiger partial charge < -0.3 is 10.4 Å². The van der Waals surface area contributed by atoms with Crippen LogP contribution >= 0.6 is 0 Å². The standard InChI is InChI=1S/C15H23NO/c1-13-4-6-14(7-5-13)8-11-16-15(12-17)9-2-3-10-15/h4-7,16-17H,2-3,8-12H2,1H3. The van der Waals surface area contributed by atoms with Gasteiger partial charge in [0.25, 0.3) is 0 Å². The first-order valence-electron chi connectivity index (χ1n) is 6.66. The average Bonchev–Trinajstić information content (AvgIpc) is 2.81. The second kappa shape index (κ2) is 5.65. The van der Waals surface area contributed by atoms with Crippen LogP contribution in [-0.2, 0) is 6.42 Å². The highest BCUT2D eigenvalue weighted by atomic mass is 16.3. The van der Waals surface area contributed by atoms with E-state index in [1.165, 1.54) is 24.0 Å². The maximum absolute atomic E-state index is 9.49. The third-order valence-electron chi connectivity index (χ3n) is 3.90. The molecular weight excluding hydrogens is 210 g/mol. The van der Waals surface area contributed by atoms with Crippen molar-refractivity contribution in [1.82, 2.24) is 5.32 Å². The highest BCUT2D eigenvalue weighted by Gasteiger charge is 2.31. The van der Waals surface area contributed by atoms with E-state index in [9.17, 15) is 5.11 Å². The van der Waals surface area contributed by atoms with E-state index < -0.39 is 0 Å². The fourth-order valence-corrected chi connectivity index (χ4v) is 2.67. The summed E-state index contributed by atoms with van der Waals surface area (Å²) in [6.45, 7) is 3.35. The molecule has 0 amide bonds. The van der Waals surface area contributed by atoms with E-state index >= 15 is 0 Å². The second-order valence-electron chi connectivity index (χ2n) is 5.31. The zero-order valence-electron chi connectivity index (χ0n) is 10.7. The third-order valence-corrected chi connectivity index (χ3v) is 3.90. The molecule has 94 valence electrons. The summed E-state index contributed by atoms with van der Waals surface area (Å²) in [5.41, 5.74) is 2.70. The van der Waals surface area contributed by atoms with E-state index in [4.69, 9.17) is 0 Å². The number of hydrogen-bond acceptors (Lipinski definition) is 2. The van der Waals surface area contributed by atoms with Gasteiger partial charge in [-0.05, 0) is 38.3 Å². The van der Waals surface area contributed by atoms with Crippen molar-refractivity contribution >= 4 is 0 Å². The predicted molar refractivity (Wildman–Crippen MR) is 71.2 cm³/mol. The molecule has 1 aliphatic rings. The van der Waals surface area contributed by atoms with Gasteiger partial charge in [0.2, 0.25) is 0 Å². The van der Waals surface area contributed by atoms with Crippen molar-refractivity contribution < 1.29 is 5.11 Å². The minimum absolute atomic E-state index is 0.0185. The van der Waals surface area contributed by atoms with Crippen molar-refractivity contribution in [1.29, 1.82) is 0 Å². The molecule has 0 unspecified atom stereocenters. The Hall–Kier alpha value is -0.860. The minimum Gasteiger partial charge on any atom is -0.394 e. The number of hydrogen-bond donors (Lipinski definition) is 2. The molecule has 0 heterocycles. The zero-order valence-corrected chi connectivity index (χ0v) is 10.7. The Morgan fingerprint density at radius 1 is 1.18 bits per heavy atom. The summed E-state index contributed by atoms with van der Waals surface area (Å²) in [7, 11) is 0. The largest absolute Gasteiger partial charge is 0.394 e. The molecule has 0 radical (unpaired) electrons. The fourth-order valence-electron chi connectivity index (χ4n) is 2.67. The molecule has 2 N–H and O–H groups in total. The van der Waals surface area contributed by atoms with Crippen LogP contribution in [0.1, 0.15) is 36.8 Å². The fraction of sp³-hybridized carbons (Fsp3) is 0.600. The normalized spacial score (nSPS) is 18.5. The number of aliphatic hydroxyl groups excluding tert-OH is 1. The summed E-state index contributed by atoms with van der Waals surface area (Å²) < 4.78 is 0. The maximum Gasteiger partial charge on any atom is 0.0613 e. The van der Waals surface area contributed by atoms with Gasteiger partial charge in [-0.25, -0.2) is 0 Å². The Bertz CT molecular complexity index is 338. The predicted octanol–water partition coefficient (Wildman–Crippen LogP) is 2.43. The molecule has 1 aromatic rings. The van der Waals surface area contributed by atoms with Gasteiger partial charge in [-0.2, -0.15) is 0 Å². The Kier molecular flexibility index (Phi) is 4.19. The van der Waals surface area contributed by atoms with Crippen LogP contribution in [0.4, 0.5) is 0 Å². The summed E-state index contributed by atoms with van der Waals surface area (Å²) >= 11 is 0. The van der Waals surface area contributed by atoms with E-state index in [1.54, 1.807) is 0 Å². The maximum atomic E-state index is 9.49. The van der Waals surface area contributed by atoms with Crippen LogP contribution in [-0.4, -0.2) is 23.8 Å². The van der Waals surface area contributed by atoms with Crippen LogP contribution in [0.25, 0.3) is 0 Å². The van der Waals surface area contributed by atoms with Crippen LogP contribution in [0.15, 0.2) is 24.3 Å². The molecule has 2 rings (SSSR count). The van der Waals surface area contributed by atoms with E-state index in [2.05, 4.69) is 36.5 Å². The summed E-state index contributed by atoms with van der Waals surface area (Å²) in [5, 5.41) is 13.0.